The number of H-pyrrole nitrogens is 1. The molecule has 0 unspecified atom stereocenters. The molecule has 4 aromatic rings. The van der Waals surface area contributed by atoms with Crippen LogP contribution in [0.4, 0.5) is 0 Å². The Balaban J connectivity index is 1.95. The molecule has 8 nitrogen and oxygen atoms in total. The number of hydrogen-bond acceptors (Lipinski definition) is 5. The predicted octanol–water partition coefficient (Wildman–Crippen LogP) is 1.03. The van der Waals surface area contributed by atoms with Crippen molar-refractivity contribution < 1.29 is 9.90 Å². The highest BCUT2D eigenvalue weighted by Crippen LogP contribution is 2.21. The summed E-state index contributed by atoms with van der Waals surface area (Å²) in [5.41, 5.74) is 1.79. The fourth-order valence-corrected chi connectivity index (χ4v) is 2.74. The van der Waals surface area contributed by atoms with Crippen LogP contribution in [0.15, 0.2) is 29.4 Å². The quantitative estimate of drug-likeness (QED) is 0.546. The Labute approximate surface area is 115 Å². The Kier molecular flexibility index (Phi) is 2.24. The van der Waals surface area contributed by atoms with Crippen LogP contribution in [0.25, 0.3) is 22.6 Å². The zero-order valence-corrected chi connectivity index (χ0v) is 10.8. The summed E-state index contributed by atoms with van der Waals surface area (Å²) in [6.07, 6.45) is 0. The van der Waals surface area contributed by atoms with Gasteiger partial charge in [-0.2, -0.15) is 4.52 Å². The number of aliphatic carboxylic acids is 1. The first kappa shape index (κ1) is 11.3. The highest BCUT2D eigenvalue weighted by Gasteiger charge is 2.16. The number of hydrogen-bond donors (Lipinski definition) is 2. The van der Waals surface area contributed by atoms with Crippen LogP contribution < -0.4 is 0 Å². The maximum absolute atomic E-state index is 10.6. The van der Waals surface area contributed by atoms with Crippen molar-refractivity contribution in [2.75, 3.05) is 5.75 Å². The minimum Gasteiger partial charge on any atom is -0.481 e. The molecule has 4 rings (SSSR count). The molecule has 3 heterocycles. The van der Waals surface area contributed by atoms with Crippen molar-refractivity contribution in [1.82, 2.24) is 29.2 Å². The Bertz CT molecular complexity index is 952. The molecule has 0 radical (unpaired) electrons. The smallest absolute Gasteiger partial charge is 0.313 e. The first-order chi connectivity index (χ1) is 9.74. The number of benzene rings is 1. The number of aromatic amines is 1. The van der Waals surface area contributed by atoms with Gasteiger partial charge in [-0.05, 0) is 12.1 Å². The number of carboxylic acids is 1. The van der Waals surface area contributed by atoms with Crippen molar-refractivity contribution in [2.45, 2.75) is 5.16 Å². The largest absolute Gasteiger partial charge is 0.481 e. The summed E-state index contributed by atoms with van der Waals surface area (Å²) in [5, 5.41) is 20.4. The molecule has 20 heavy (non-hydrogen) atoms. The predicted molar refractivity (Wildman–Crippen MR) is 72.0 cm³/mol. The third-order valence-electron chi connectivity index (χ3n) is 2.91. The number of carboxylic acid groups (broad SMARTS) is 1. The van der Waals surface area contributed by atoms with Crippen LogP contribution in [0, 0.1) is 0 Å². The summed E-state index contributed by atoms with van der Waals surface area (Å²) >= 11 is 1.11. The van der Waals surface area contributed by atoms with E-state index in [0.29, 0.717) is 16.7 Å². The summed E-state index contributed by atoms with van der Waals surface area (Å²) in [6.45, 7) is 0. The summed E-state index contributed by atoms with van der Waals surface area (Å²) < 4.78 is 3.50. The molecule has 0 aliphatic heterocycles. The maximum Gasteiger partial charge on any atom is 0.313 e. The van der Waals surface area contributed by atoms with Crippen molar-refractivity contribution in [1.29, 1.82) is 0 Å². The van der Waals surface area contributed by atoms with Gasteiger partial charge in [0.2, 0.25) is 10.9 Å². The molecule has 0 amide bonds. The van der Waals surface area contributed by atoms with E-state index in [2.05, 4.69) is 20.3 Å². The monoisotopic (exact) mass is 288 g/mol. The Morgan fingerprint density at radius 2 is 2.20 bits per heavy atom. The van der Waals surface area contributed by atoms with Gasteiger partial charge in [0, 0.05) is 0 Å². The Morgan fingerprint density at radius 3 is 3.05 bits per heavy atom. The zero-order chi connectivity index (χ0) is 13.7. The Morgan fingerprint density at radius 1 is 1.35 bits per heavy atom. The number of nitrogens with one attached hydrogen (secondary N) is 1. The molecule has 0 atom stereocenters. The molecule has 2 N–H and O–H groups in total. The fraction of sp³-hybridized carbons (Fsp3) is 0.0909. The number of aromatic nitrogens is 6. The van der Waals surface area contributed by atoms with Gasteiger partial charge in [-0.15, -0.1) is 10.2 Å². The third kappa shape index (κ3) is 1.50. The average Bonchev–Trinajstić information content (AvgIpc) is 3.05. The molecule has 0 aliphatic carbocycles. The molecule has 0 aliphatic rings. The molecule has 100 valence electrons. The third-order valence-corrected chi connectivity index (χ3v) is 3.83. The van der Waals surface area contributed by atoms with Crippen LogP contribution in [0.1, 0.15) is 0 Å². The summed E-state index contributed by atoms with van der Waals surface area (Å²) in [6, 6.07) is 7.71. The van der Waals surface area contributed by atoms with Crippen molar-refractivity contribution >= 4 is 40.3 Å². The summed E-state index contributed by atoms with van der Waals surface area (Å²) in [7, 11) is 0. The number of nitrogens with zero attached hydrogens (tertiary/aromatic N) is 5. The van der Waals surface area contributed by atoms with Gasteiger partial charge in [-0.1, -0.05) is 23.9 Å². The lowest BCUT2D eigenvalue weighted by Gasteiger charge is -1.92. The number of para-hydroxylation sites is 2. The van der Waals surface area contributed by atoms with E-state index in [1.807, 2.05) is 28.7 Å². The van der Waals surface area contributed by atoms with E-state index >= 15 is 0 Å². The van der Waals surface area contributed by atoms with E-state index in [9.17, 15) is 4.79 Å². The second-order valence-electron chi connectivity index (χ2n) is 4.17. The SMILES string of the molecule is O=C(O)CSc1nnc2n1[nH]c1nc3ccccc3n12. The highest BCUT2D eigenvalue weighted by molar-refractivity contribution is 7.99. The number of carbonyl (C=O) groups is 1. The van der Waals surface area contributed by atoms with E-state index in [-0.39, 0.29) is 5.75 Å². The van der Waals surface area contributed by atoms with Crippen molar-refractivity contribution in [2.24, 2.45) is 0 Å². The van der Waals surface area contributed by atoms with Crippen LogP contribution in [0.3, 0.4) is 0 Å². The topological polar surface area (TPSA) is 101 Å². The first-order valence-corrected chi connectivity index (χ1v) is 6.77. The molecular weight excluding hydrogens is 280 g/mol. The van der Waals surface area contributed by atoms with Gasteiger partial charge >= 0.3 is 5.97 Å². The lowest BCUT2D eigenvalue weighted by atomic mass is 10.3. The first-order valence-electron chi connectivity index (χ1n) is 5.79. The van der Waals surface area contributed by atoms with E-state index in [1.54, 1.807) is 4.52 Å². The second kappa shape index (κ2) is 3.97. The van der Waals surface area contributed by atoms with Gasteiger partial charge < -0.3 is 5.11 Å². The molecule has 9 heteroatoms. The molecule has 0 spiro atoms. The van der Waals surface area contributed by atoms with Gasteiger partial charge in [-0.25, -0.2) is 9.38 Å². The highest BCUT2D eigenvalue weighted by atomic mass is 32.2. The lowest BCUT2D eigenvalue weighted by Crippen LogP contribution is -1.99. The molecule has 0 bridgehead atoms. The van der Waals surface area contributed by atoms with E-state index < -0.39 is 5.97 Å². The van der Waals surface area contributed by atoms with E-state index in [0.717, 1.165) is 22.8 Å². The number of rotatable bonds is 3. The fourth-order valence-electron chi connectivity index (χ4n) is 2.13. The van der Waals surface area contributed by atoms with Gasteiger partial charge in [0.05, 0.1) is 16.8 Å². The molecule has 0 saturated heterocycles. The minimum absolute atomic E-state index is 0.0666. The van der Waals surface area contributed by atoms with E-state index in [4.69, 9.17) is 5.11 Å². The summed E-state index contributed by atoms with van der Waals surface area (Å²) in [4.78, 5) is 15.1. The van der Waals surface area contributed by atoms with Gasteiger partial charge in [-0.3, -0.25) is 9.89 Å². The standard InChI is InChI=1S/C11H8N6O2S/c18-8(19)5-20-11-14-13-10-16-7-4-2-1-3-6(7)12-9(16)15-17(10)11/h1-4H,5H2,(H,12,15)(H,18,19). The van der Waals surface area contributed by atoms with Crippen LogP contribution in [-0.2, 0) is 4.79 Å². The molecule has 0 fully saturated rings. The van der Waals surface area contributed by atoms with Gasteiger partial charge in [0.15, 0.2) is 0 Å². The molecule has 0 saturated carbocycles. The van der Waals surface area contributed by atoms with Crippen LogP contribution >= 0.6 is 11.8 Å². The van der Waals surface area contributed by atoms with Gasteiger partial charge in [0.1, 0.15) is 0 Å². The average molecular weight is 288 g/mol. The number of imidazole rings is 1. The number of fused-ring (bicyclic) bond motifs is 5. The van der Waals surface area contributed by atoms with Crippen molar-refractivity contribution in [3.63, 3.8) is 0 Å². The molecule has 3 aromatic heterocycles. The second-order valence-corrected chi connectivity index (χ2v) is 5.11. The Hall–Kier alpha value is -2.55. The molecular formula is C11H8N6O2S. The number of thioether (sulfide) groups is 1. The normalized spacial score (nSPS) is 11.8. The van der Waals surface area contributed by atoms with Crippen LogP contribution in [0.2, 0.25) is 0 Å². The van der Waals surface area contributed by atoms with Crippen LogP contribution in [-0.4, -0.2) is 46.0 Å². The van der Waals surface area contributed by atoms with Gasteiger partial charge in [0.25, 0.3) is 5.78 Å². The van der Waals surface area contributed by atoms with Crippen molar-refractivity contribution in [3.05, 3.63) is 24.3 Å². The van der Waals surface area contributed by atoms with Crippen molar-refractivity contribution in [3.8, 4) is 0 Å². The summed E-state index contributed by atoms with van der Waals surface area (Å²) in [5.74, 6) is 0.270. The molecule has 1 aromatic carbocycles. The zero-order valence-electron chi connectivity index (χ0n) is 10.0. The maximum atomic E-state index is 10.6. The lowest BCUT2D eigenvalue weighted by molar-refractivity contribution is -0.133. The minimum atomic E-state index is -0.895. The van der Waals surface area contributed by atoms with Crippen LogP contribution in [0.5, 0.6) is 0 Å². The van der Waals surface area contributed by atoms with E-state index in [1.165, 1.54) is 0 Å².